The lowest BCUT2D eigenvalue weighted by Gasteiger charge is -2.18. The molecule has 1 aromatic rings. The van der Waals surface area contributed by atoms with Crippen molar-refractivity contribution in [2.24, 2.45) is 7.05 Å². The minimum Gasteiger partial charge on any atom is -0.388 e. The topological polar surface area (TPSA) is 58.4 Å². The van der Waals surface area contributed by atoms with Gasteiger partial charge in [-0.15, -0.1) is 0 Å². The first-order valence-corrected chi connectivity index (χ1v) is 4.99. The second-order valence-corrected chi connectivity index (χ2v) is 4.31. The molecule has 1 fully saturated rings. The molecule has 82 valence electrons. The molecular weight excluding hydrogens is 194 g/mol. The summed E-state index contributed by atoms with van der Waals surface area (Å²) in [4.78, 5) is 13.6. The van der Waals surface area contributed by atoms with E-state index in [1.54, 1.807) is 35.8 Å². The molecule has 0 aromatic carbocycles. The monoisotopic (exact) mass is 209 g/mol. The highest BCUT2D eigenvalue weighted by Crippen LogP contribution is 2.21. The van der Waals surface area contributed by atoms with E-state index in [4.69, 9.17) is 0 Å². The predicted molar refractivity (Wildman–Crippen MR) is 54.4 cm³/mol. The maximum atomic E-state index is 12.0. The SMILES string of the molecule is Cn1nccc1C(=O)N1CCC(C)(O)C1. The average molecular weight is 209 g/mol. The van der Waals surface area contributed by atoms with E-state index in [2.05, 4.69) is 5.10 Å². The van der Waals surface area contributed by atoms with Crippen molar-refractivity contribution in [1.82, 2.24) is 14.7 Å². The van der Waals surface area contributed by atoms with Gasteiger partial charge < -0.3 is 10.0 Å². The molecule has 1 atom stereocenters. The van der Waals surface area contributed by atoms with Crippen molar-refractivity contribution in [3.8, 4) is 0 Å². The Morgan fingerprint density at radius 1 is 1.67 bits per heavy atom. The van der Waals surface area contributed by atoms with Gasteiger partial charge in [-0.05, 0) is 19.4 Å². The van der Waals surface area contributed by atoms with Gasteiger partial charge in [-0.2, -0.15) is 5.10 Å². The molecule has 0 spiro atoms. The largest absolute Gasteiger partial charge is 0.388 e. The highest BCUT2D eigenvalue weighted by Gasteiger charge is 2.34. The Bertz CT molecular complexity index is 384. The lowest BCUT2D eigenvalue weighted by molar-refractivity contribution is 0.0566. The molecule has 2 rings (SSSR count). The first-order valence-electron chi connectivity index (χ1n) is 4.99. The molecule has 5 heteroatoms. The normalized spacial score (nSPS) is 25.9. The minimum absolute atomic E-state index is 0.0622. The molecule has 0 bridgehead atoms. The number of nitrogens with zero attached hydrogens (tertiary/aromatic N) is 3. The third-order valence-corrected chi connectivity index (χ3v) is 2.78. The Morgan fingerprint density at radius 3 is 2.87 bits per heavy atom. The number of aryl methyl sites for hydroxylation is 1. The van der Waals surface area contributed by atoms with Gasteiger partial charge in [0.15, 0.2) is 0 Å². The van der Waals surface area contributed by atoms with Crippen LogP contribution >= 0.6 is 0 Å². The quantitative estimate of drug-likeness (QED) is 0.709. The van der Waals surface area contributed by atoms with Crippen LogP contribution in [0.25, 0.3) is 0 Å². The molecular formula is C10H15N3O2. The van der Waals surface area contributed by atoms with Crippen LogP contribution in [0.15, 0.2) is 12.3 Å². The van der Waals surface area contributed by atoms with Crippen LogP contribution in [0.2, 0.25) is 0 Å². The number of aliphatic hydroxyl groups is 1. The van der Waals surface area contributed by atoms with E-state index in [-0.39, 0.29) is 5.91 Å². The molecule has 2 heterocycles. The van der Waals surface area contributed by atoms with Crippen LogP contribution < -0.4 is 0 Å². The van der Waals surface area contributed by atoms with E-state index in [0.717, 1.165) is 0 Å². The minimum atomic E-state index is -0.742. The molecule has 0 radical (unpaired) electrons. The maximum absolute atomic E-state index is 12.0. The smallest absolute Gasteiger partial charge is 0.272 e. The van der Waals surface area contributed by atoms with E-state index in [0.29, 0.717) is 25.2 Å². The van der Waals surface area contributed by atoms with Gasteiger partial charge in [-0.25, -0.2) is 0 Å². The Labute approximate surface area is 88.3 Å². The van der Waals surface area contributed by atoms with Crippen molar-refractivity contribution in [2.45, 2.75) is 18.9 Å². The van der Waals surface area contributed by atoms with Gasteiger partial charge in [0.2, 0.25) is 0 Å². The number of β-amino-alcohol motifs (C(OH)–C–C–N with tert-alkyl or cyclic N) is 1. The number of hydrogen-bond acceptors (Lipinski definition) is 3. The molecule has 1 aliphatic heterocycles. The highest BCUT2D eigenvalue weighted by atomic mass is 16.3. The zero-order chi connectivity index (χ0) is 11.1. The number of hydrogen-bond donors (Lipinski definition) is 1. The summed E-state index contributed by atoms with van der Waals surface area (Å²) in [6.45, 7) is 2.76. The van der Waals surface area contributed by atoms with E-state index >= 15 is 0 Å². The molecule has 1 unspecified atom stereocenters. The van der Waals surface area contributed by atoms with Gasteiger partial charge in [0.05, 0.1) is 5.60 Å². The molecule has 1 N–H and O–H groups in total. The summed E-state index contributed by atoms with van der Waals surface area (Å²) in [6.07, 6.45) is 2.23. The fraction of sp³-hybridized carbons (Fsp3) is 0.600. The summed E-state index contributed by atoms with van der Waals surface area (Å²) in [7, 11) is 1.74. The zero-order valence-electron chi connectivity index (χ0n) is 8.97. The molecule has 5 nitrogen and oxygen atoms in total. The first kappa shape index (κ1) is 10.2. The molecule has 0 saturated carbocycles. The van der Waals surface area contributed by atoms with Crippen LogP contribution in [0.1, 0.15) is 23.8 Å². The van der Waals surface area contributed by atoms with Gasteiger partial charge in [-0.1, -0.05) is 0 Å². The standard InChI is InChI=1S/C10H15N3O2/c1-10(15)4-6-13(7-10)9(14)8-3-5-11-12(8)2/h3,5,15H,4,6-7H2,1-2H3. The van der Waals surface area contributed by atoms with Crippen LogP contribution in [-0.4, -0.2) is 44.4 Å². The van der Waals surface area contributed by atoms with Crippen LogP contribution in [0.5, 0.6) is 0 Å². The predicted octanol–water partition coefficient (Wildman–Crippen LogP) is 0.0170. The summed E-state index contributed by atoms with van der Waals surface area (Å²) >= 11 is 0. The number of amides is 1. The summed E-state index contributed by atoms with van der Waals surface area (Å²) in [5.74, 6) is -0.0622. The second kappa shape index (κ2) is 3.34. The van der Waals surface area contributed by atoms with Crippen molar-refractivity contribution in [3.63, 3.8) is 0 Å². The lowest BCUT2D eigenvalue weighted by atomic mass is 10.1. The van der Waals surface area contributed by atoms with Crippen molar-refractivity contribution >= 4 is 5.91 Å². The van der Waals surface area contributed by atoms with Gasteiger partial charge in [0.1, 0.15) is 5.69 Å². The Hall–Kier alpha value is -1.36. The van der Waals surface area contributed by atoms with E-state index in [1.807, 2.05) is 0 Å². The fourth-order valence-electron chi connectivity index (χ4n) is 1.86. The number of aromatic nitrogens is 2. The zero-order valence-corrected chi connectivity index (χ0v) is 8.97. The van der Waals surface area contributed by atoms with E-state index in [9.17, 15) is 9.90 Å². The molecule has 0 aliphatic carbocycles. The first-order chi connectivity index (χ1) is 6.99. The summed E-state index contributed by atoms with van der Waals surface area (Å²) < 4.78 is 1.55. The molecule has 1 aromatic heterocycles. The van der Waals surface area contributed by atoms with Crippen LogP contribution in [-0.2, 0) is 7.05 Å². The van der Waals surface area contributed by atoms with Crippen molar-refractivity contribution in [1.29, 1.82) is 0 Å². The van der Waals surface area contributed by atoms with Gasteiger partial charge in [-0.3, -0.25) is 9.48 Å². The maximum Gasteiger partial charge on any atom is 0.272 e. The Kier molecular flexibility index (Phi) is 2.26. The van der Waals surface area contributed by atoms with Crippen LogP contribution in [0.4, 0.5) is 0 Å². The summed E-state index contributed by atoms with van der Waals surface area (Å²) in [5.41, 5.74) is -0.179. The van der Waals surface area contributed by atoms with Crippen LogP contribution in [0.3, 0.4) is 0 Å². The van der Waals surface area contributed by atoms with Crippen molar-refractivity contribution in [3.05, 3.63) is 18.0 Å². The summed E-state index contributed by atoms with van der Waals surface area (Å²) in [6, 6.07) is 1.69. The summed E-state index contributed by atoms with van der Waals surface area (Å²) in [5, 5.41) is 13.7. The van der Waals surface area contributed by atoms with Gasteiger partial charge in [0, 0.05) is 26.3 Å². The van der Waals surface area contributed by atoms with Crippen molar-refractivity contribution in [2.75, 3.05) is 13.1 Å². The molecule has 1 amide bonds. The van der Waals surface area contributed by atoms with E-state index < -0.39 is 5.60 Å². The number of carbonyl (C=O) groups excluding carboxylic acids is 1. The highest BCUT2D eigenvalue weighted by molar-refractivity contribution is 5.92. The fourth-order valence-corrected chi connectivity index (χ4v) is 1.86. The van der Waals surface area contributed by atoms with Crippen LogP contribution in [0, 0.1) is 0 Å². The number of likely N-dealkylation sites (tertiary alicyclic amines) is 1. The number of rotatable bonds is 1. The number of carbonyl (C=O) groups is 1. The van der Waals surface area contributed by atoms with Gasteiger partial charge in [0.25, 0.3) is 5.91 Å². The Balaban J connectivity index is 2.14. The third kappa shape index (κ3) is 1.87. The average Bonchev–Trinajstić information content (AvgIpc) is 2.71. The van der Waals surface area contributed by atoms with E-state index in [1.165, 1.54) is 0 Å². The lowest BCUT2D eigenvalue weighted by Crippen LogP contribution is -2.34. The third-order valence-electron chi connectivity index (χ3n) is 2.78. The van der Waals surface area contributed by atoms with Gasteiger partial charge >= 0.3 is 0 Å². The molecule has 1 saturated heterocycles. The molecule has 15 heavy (non-hydrogen) atoms. The van der Waals surface area contributed by atoms with Crippen molar-refractivity contribution < 1.29 is 9.90 Å². The second-order valence-electron chi connectivity index (χ2n) is 4.31. The Morgan fingerprint density at radius 2 is 2.40 bits per heavy atom. The molecule has 1 aliphatic rings.